The molecule has 2 aromatic heterocycles. The Morgan fingerprint density at radius 3 is 2.72 bits per heavy atom. The van der Waals surface area contributed by atoms with E-state index in [1.165, 1.54) is 10.9 Å². The van der Waals surface area contributed by atoms with Gasteiger partial charge in [0.15, 0.2) is 5.13 Å². The lowest BCUT2D eigenvalue weighted by atomic mass is 10.1. The first-order valence-electron chi connectivity index (χ1n) is 9.18. The number of anilines is 1. The molecule has 10 heteroatoms. The third-order valence-electron chi connectivity index (χ3n) is 5.26. The minimum absolute atomic E-state index is 0.111. The summed E-state index contributed by atoms with van der Waals surface area (Å²) in [5.74, 6) is -0.111. The van der Waals surface area contributed by atoms with Gasteiger partial charge in [-0.05, 0) is 25.0 Å². The second-order valence-electron chi connectivity index (χ2n) is 6.77. The minimum Gasteiger partial charge on any atom is -0.483 e. The van der Waals surface area contributed by atoms with Gasteiger partial charge in [0.25, 0.3) is 17.9 Å². The van der Waals surface area contributed by atoms with E-state index in [1.807, 2.05) is 23.1 Å². The fourth-order valence-corrected chi connectivity index (χ4v) is 5.11. The predicted molar refractivity (Wildman–Crippen MR) is 108 cm³/mol. The van der Waals surface area contributed by atoms with Crippen LogP contribution < -0.4 is 10.5 Å². The number of carbonyl (C=O) groups excluding carboxylic acids is 1. The molecule has 5 rings (SSSR count). The number of rotatable bonds is 2. The lowest BCUT2D eigenvalue weighted by Crippen LogP contribution is -2.40. The van der Waals surface area contributed by atoms with Gasteiger partial charge in [0, 0.05) is 19.3 Å². The van der Waals surface area contributed by atoms with Gasteiger partial charge in [0.1, 0.15) is 5.69 Å². The fourth-order valence-electron chi connectivity index (χ4n) is 4.07. The van der Waals surface area contributed by atoms with Crippen molar-refractivity contribution in [1.29, 1.82) is 0 Å². The van der Waals surface area contributed by atoms with Gasteiger partial charge in [0.05, 0.1) is 28.5 Å². The molecule has 150 valence electrons. The van der Waals surface area contributed by atoms with Crippen LogP contribution in [0, 0.1) is 0 Å². The number of H-pyrrole nitrogens is 1. The number of para-hydroxylation sites is 1. The number of hydrogen-bond donors (Lipinski definition) is 2. The first kappa shape index (κ1) is 19.1. The number of amides is 1. The van der Waals surface area contributed by atoms with Gasteiger partial charge in [-0.3, -0.25) is 14.4 Å². The number of hydrogen-bond acceptors (Lipinski definition) is 7. The largest absolute Gasteiger partial charge is 0.483 e. The average molecular weight is 413 g/mol. The molecule has 0 bridgehead atoms. The zero-order valence-corrected chi connectivity index (χ0v) is 16.2. The summed E-state index contributed by atoms with van der Waals surface area (Å²) < 4.78 is 1.19. The maximum absolute atomic E-state index is 12.8. The van der Waals surface area contributed by atoms with Crippen molar-refractivity contribution in [2.75, 3.05) is 18.0 Å². The summed E-state index contributed by atoms with van der Waals surface area (Å²) in [6, 6.07) is 8.63. The lowest BCUT2D eigenvalue weighted by Gasteiger charge is -2.25. The van der Waals surface area contributed by atoms with Crippen LogP contribution in [-0.4, -0.2) is 62.5 Å². The van der Waals surface area contributed by atoms with Crippen LogP contribution in [0.1, 0.15) is 23.3 Å². The first-order chi connectivity index (χ1) is 14.1. The van der Waals surface area contributed by atoms with Crippen LogP contribution in [0.2, 0.25) is 0 Å². The van der Waals surface area contributed by atoms with E-state index in [2.05, 4.69) is 20.9 Å². The molecule has 0 aliphatic carbocycles. The van der Waals surface area contributed by atoms with Gasteiger partial charge in [-0.2, -0.15) is 0 Å². The average Bonchev–Trinajstić information content (AvgIpc) is 3.42. The van der Waals surface area contributed by atoms with Crippen LogP contribution >= 0.6 is 11.3 Å². The van der Waals surface area contributed by atoms with Crippen molar-refractivity contribution in [1.82, 2.24) is 19.9 Å². The predicted octanol–water partition coefficient (Wildman–Crippen LogP) is 1.57. The number of aromatic amines is 1. The molecule has 0 radical (unpaired) electrons. The quantitative estimate of drug-likeness (QED) is 0.612. The zero-order valence-electron chi connectivity index (χ0n) is 15.4. The van der Waals surface area contributed by atoms with E-state index in [0.29, 0.717) is 18.3 Å². The molecule has 2 fully saturated rings. The van der Waals surface area contributed by atoms with E-state index in [1.54, 1.807) is 11.3 Å². The van der Waals surface area contributed by atoms with Crippen molar-refractivity contribution < 1.29 is 14.7 Å². The van der Waals surface area contributed by atoms with Crippen molar-refractivity contribution in [3.63, 3.8) is 0 Å². The third kappa shape index (κ3) is 3.58. The van der Waals surface area contributed by atoms with Gasteiger partial charge < -0.3 is 19.9 Å². The van der Waals surface area contributed by atoms with Gasteiger partial charge in [0.2, 0.25) is 0 Å². The lowest BCUT2D eigenvalue weighted by molar-refractivity contribution is -0.122. The minimum atomic E-state index is -0.302. The Bertz CT molecular complexity index is 1040. The van der Waals surface area contributed by atoms with Crippen molar-refractivity contribution in [3.05, 3.63) is 52.7 Å². The summed E-state index contributed by atoms with van der Waals surface area (Å²) in [5.41, 5.74) is 1.02. The molecular formula is C19H19N5O4S. The monoisotopic (exact) mass is 413 g/mol. The molecule has 0 saturated carbocycles. The molecule has 0 unspecified atom stereocenters. The normalized spacial score (nSPS) is 20.3. The number of fused-ring (bicyclic) bond motifs is 2. The molecule has 1 aromatic carbocycles. The number of nitrogens with zero attached hydrogens (tertiary/aromatic N) is 4. The van der Waals surface area contributed by atoms with E-state index in [9.17, 15) is 9.59 Å². The molecule has 1 amide bonds. The SMILES string of the molecule is O=C(c1c[nH]c(=O)cn1)N1CC[C@H]2[C@@H]1CCN2c1nc2ccccc2s1.O=CO. The second kappa shape index (κ2) is 8.00. The van der Waals surface area contributed by atoms with Crippen LogP contribution in [0.25, 0.3) is 10.2 Å². The van der Waals surface area contributed by atoms with Crippen LogP contribution in [0.4, 0.5) is 5.13 Å². The standard InChI is InChI=1S/C18H17N5O2S.CH2O2/c24-16-10-19-12(9-20-16)17(25)22-7-5-14-13(22)6-8-23(14)18-21-11-3-1-2-4-15(11)26-18;2-1-3/h1-4,9-10,13-14H,5-8H2,(H,20,24);1H,(H,2,3)/t13-,14-;/m0./s1. The van der Waals surface area contributed by atoms with E-state index < -0.39 is 0 Å². The van der Waals surface area contributed by atoms with Crippen LogP contribution in [0.5, 0.6) is 0 Å². The third-order valence-corrected chi connectivity index (χ3v) is 6.33. The Morgan fingerprint density at radius 2 is 2.00 bits per heavy atom. The highest BCUT2D eigenvalue weighted by atomic mass is 32.1. The topological polar surface area (TPSA) is 119 Å². The van der Waals surface area contributed by atoms with Gasteiger partial charge in [-0.25, -0.2) is 9.97 Å². The number of benzene rings is 1. The van der Waals surface area contributed by atoms with E-state index in [0.717, 1.165) is 36.2 Å². The molecule has 2 saturated heterocycles. The number of likely N-dealkylation sites (tertiary alicyclic amines) is 1. The van der Waals surface area contributed by atoms with Crippen LogP contribution in [0.3, 0.4) is 0 Å². The number of thiazole rings is 1. The van der Waals surface area contributed by atoms with Crippen molar-refractivity contribution in [2.45, 2.75) is 24.9 Å². The second-order valence-corrected chi connectivity index (χ2v) is 7.78. The Labute approximate surface area is 169 Å². The van der Waals surface area contributed by atoms with Crippen molar-refractivity contribution in [2.24, 2.45) is 0 Å². The molecular weight excluding hydrogens is 394 g/mol. The summed E-state index contributed by atoms with van der Waals surface area (Å²) in [4.78, 5) is 47.9. The maximum atomic E-state index is 12.8. The first-order valence-corrected chi connectivity index (χ1v) is 10.00. The molecule has 2 aliphatic rings. The molecule has 2 atom stereocenters. The molecule has 29 heavy (non-hydrogen) atoms. The van der Waals surface area contributed by atoms with Gasteiger partial charge >= 0.3 is 0 Å². The molecule has 0 spiro atoms. The summed E-state index contributed by atoms with van der Waals surface area (Å²) in [5, 5.41) is 7.93. The number of nitrogens with one attached hydrogen (secondary N) is 1. The molecule has 3 aromatic rings. The van der Waals surface area contributed by atoms with E-state index in [-0.39, 0.29) is 24.0 Å². The number of carbonyl (C=O) groups is 2. The Kier molecular flexibility index (Phi) is 5.26. The highest BCUT2D eigenvalue weighted by Gasteiger charge is 2.45. The smallest absolute Gasteiger partial charge is 0.290 e. The molecule has 2 aliphatic heterocycles. The molecule has 9 nitrogen and oxygen atoms in total. The van der Waals surface area contributed by atoms with Gasteiger partial charge in [-0.1, -0.05) is 23.5 Å². The molecule has 2 N–H and O–H groups in total. The van der Waals surface area contributed by atoms with E-state index in [4.69, 9.17) is 14.9 Å². The number of aromatic nitrogens is 3. The fraction of sp³-hybridized carbons (Fsp3) is 0.316. The van der Waals surface area contributed by atoms with E-state index >= 15 is 0 Å². The van der Waals surface area contributed by atoms with Crippen molar-refractivity contribution >= 4 is 39.1 Å². The highest BCUT2D eigenvalue weighted by Crippen LogP contribution is 2.38. The maximum Gasteiger partial charge on any atom is 0.290 e. The summed E-state index contributed by atoms with van der Waals surface area (Å²) in [7, 11) is 0. The summed E-state index contributed by atoms with van der Waals surface area (Å²) >= 11 is 1.71. The summed E-state index contributed by atoms with van der Waals surface area (Å²) in [6.07, 6.45) is 4.41. The Hall–Kier alpha value is -3.27. The highest BCUT2D eigenvalue weighted by molar-refractivity contribution is 7.22. The van der Waals surface area contributed by atoms with Gasteiger partial charge in [-0.15, -0.1) is 0 Å². The van der Waals surface area contributed by atoms with Crippen LogP contribution in [0.15, 0.2) is 41.5 Å². The van der Waals surface area contributed by atoms with Crippen molar-refractivity contribution in [3.8, 4) is 0 Å². The Balaban J connectivity index is 0.000000645. The number of carboxylic acid groups (broad SMARTS) is 1. The molecule has 4 heterocycles. The Morgan fingerprint density at radius 1 is 1.24 bits per heavy atom. The summed E-state index contributed by atoms with van der Waals surface area (Å²) in [6.45, 7) is 1.36. The van der Waals surface area contributed by atoms with Crippen LogP contribution in [-0.2, 0) is 4.79 Å². The zero-order chi connectivity index (χ0) is 20.4.